The number of aromatic nitrogens is 1. The number of nitrogens with zero attached hydrogens (tertiary/aromatic N) is 1. The second-order valence-corrected chi connectivity index (χ2v) is 22.4. The van der Waals surface area contributed by atoms with Gasteiger partial charge in [-0.05, 0) is 84.2 Å². The van der Waals surface area contributed by atoms with Gasteiger partial charge in [0.05, 0.1) is 17.4 Å². The number of ether oxygens (including phenoxy) is 1. The van der Waals surface area contributed by atoms with Crippen LogP contribution < -0.4 is 0 Å². The van der Waals surface area contributed by atoms with Crippen LogP contribution >= 0.6 is 0 Å². The Hall–Kier alpha value is -1.49. The molecule has 0 bridgehead atoms. The fraction of sp³-hybridized carbons (Fsp3) is 0.711. The normalized spacial score (nSPS) is 25.7. The Balaban J connectivity index is 1.61. The van der Waals surface area contributed by atoms with Gasteiger partial charge in [0.15, 0.2) is 8.32 Å². The van der Waals surface area contributed by atoms with Gasteiger partial charge in [0.1, 0.15) is 6.10 Å². The molecule has 230 valence electrons. The summed E-state index contributed by atoms with van der Waals surface area (Å²) in [7, 11) is -2.02. The molecule has 6 rings (SSSR count). The summed E-state index contributed by atoms with van der Waals surface area (Å²) < 4.78 is 15.0. The van der Waals surface area contributed by atoms with Crippen LogP contribution in [0, 0.1) is 5.41 Å². The Morgan fingerprint density at radius 2 is 1.60 bits per heavy atom. The lowest BCUT2D eigenvalue weighted by atomic mass is 9.70. The van der Waals surface area contributed by atoms with E-state index in [-0.39, 0.29) is 33.7 Å². The third kappa shape index (κ3) is 5.26. The van der Waals surface area contributed by atoms with E-state index >= 15 is 0 Å². The molecular weight excluding hydrogens is 531 g/mol. The monoisotopic (exact) mass is 587 g/mol. The van der Waals surface area contributed by atoms with Crippen molar-refractivity contribution in [1.29, 1.82) is 0 Å². The van der Waals surface area contributed by atoms with Crippen LogP contribution in [0.25, 0.3) is 0 Å². The Labute approximate surface area is 257 Å². The second-order valence-electron chi connectivity index (χ2n) is 17.6. The SMILES string of the molecule is CC1(C)Cc2nc(C3CCCC3)c3c(c2C(O[Si](C)(C)C(C)(C)C)C1)C1(CCCC1)OC3c1cccc(C(C)(C)C)c1. The molecule has 2 unspecified atom stereocenters. The van der Waals surface area contributed by atoms with Crippen molar-refractivity contribution in [2.75, 3.05) is 0 Å². The molecule has 42 heavy (non-hydrogen) atoms. The van der Waals surface area contributed by atoms with Crippen LogP contribution in [0.5, 0.6) is 0 Å². The van der Waals surface area contributed by atoms with E-state index < -0.39 is 8.32 Å². The average molecular weight is 588 g/mol. The van der Waals surface area contributed by atoms with E-state index in [2.05, 4.69) is 92.7 Å². The third-order valence-electron chi connectivity index (χ3n) is 11.6. The van der Waals surface area contributed by atoms with E-state index in [1.807, 2.05) is 0 Å². The molecular formula is C38H57NO2Si. The predicted octanol–water partition coefficient (Wildman–Crippen LogP) is 11.0. The summed E-state index contributed by atoms with van der Waals surface area (Å²) in [5.41, 5.74) is 9.85. The number of pyridine rings is 1. The minimum absolute atomic E-state index is 0.0442. The van der Waals surface area contributed by atoms with Gasteiger partial charge in [-0.25, -0.2) is 0 Å². The molecule has 2 aromatic rings. The molecule has 1 spiro atoms. The van der Waals surface area contributed by atoms with E-state index in [1.165, 1.54) is 77.7 Å². The van der Waals surface area contributed by atoms with E-state index in [0.29, 0.717) is 5.92 Å². The topological polar surface area (TPSA) is 31.4 Å². The van der Waals surface area contributed by atoms with Gasteiger partial charge in [-0.2, -0.15) is 0 Å². The van der Waals surface area contributed by atoms with Crippen LogP contribution in [0.4, 0.5) is 0 Å². The van der Waals surface area contributed by atoms with Crippen molar-refractivity contribution in [2.24, 2.45) is 5.41 Å². The highest BCUT2D eigenvalue weighted by molar-refractivity contribution is 6.74. The van der Waals surface area contributed by atoms with E-state index in [4.69, 9.17) is 14.1 Å². The van der Waals surface area contributed by atoms with Gasteiger partial charge in [-0.3, -0.25) is 4.98 Å². The van der Waals surface area contributed by atoms with Crippen LogP contribution in [0.3, 0.4) is 0 Å². The molecule has 1 aromatic heterocycles. The largest absolute Gasteiger partial charge is 0.410 e. The highest BCUT2D eigenvalue weighted by Crippen LogP contribution is 2.61. The third-order valence-corrected chi connectivity index (χ3v) is 16.1. The van der Waals surface area contributed by atoms with Gasteiger partial charge in [0.2, 0.25) is 0 Å². The fourth-order valence-electron chi connectivity index (χ4n) is 8.25. The van der Waals surface area contributed by atoms with Gasteiger partial charge in [-0.1, -0.05) is 105 Å². The summed E-state index contributed by atoms with van der Waals surface area (Å²) in [6.45, 7) is 23.8. The number of hydrogen-bond donors (Lipinski definition) is 0. The smallest absolute Gasteiger partial charge is 0.192 e. The van der Waals surface area contributed by atoms with Crippen LogP contribution in [-0.2, 0) is 26.6 Å². The zero-order valence-corrected chi connectivity index (χ0v) is 29.4. The Morgan fingerprint density at radius 1 is 0.929 bits per heavy atom. The molecule has 0 N–H and O–H groups in total. The van der Waals surface area contributed by atoms with Gasteiger partial charge in [0, 0.05) is 22.7 Å². The number of fused-ring (bicyclic) bond motifs is 4. The summed E-state index contributed by atoms with van der Waals surface area (Å²) in [6, 6.07) is 9.31. The van der Waals surface area contributed by atoms with Crippen LogP contribution in [0.15, 0.2) is 24.3 Å². The zero-order valence-electron chi connectivity index (χ0n) is 28.4. The first-order valence-corrected chi connectivity index (χ1v) is 20.0. The Morgan fingerprint density at radius 3 is 2.21 bits per heavy atom. The quantitative estimate of drug-likeness (QED) is 0.333. The molecule has 1 aromatic carbocycles. The summed E-state index contributed by atoms with van der Waals surface area (Å²) in [5.74, 6) is 0.544. The molecule has 4 heteroatoms. The van der Waals surface area contributed by atoms with E-state index in [0.717, 1.165) is 25.7 Å². The minimum atomic E-state index is -2.02. The molecule has 3 aliphatic carbocycles. The highest BCUT2D eigenvalue weighted by atomic mass is 28.4. The van der Waals surface area contributed by atoms with E-state index in [9.17, 15) is 0 Å². The van der Waals surface area contributed by atoms with Crippen LogP contribution in [0.2, 0.25) is 18.1 Å². The second kappa shape index (κ2) is 10.3. The number of rotatable bonds is 4. The predicted molar refractivity (Wildman–Crippen MR) is 177 cm³/mol. The molecule has 0 amide bonds. The lowest BCUT2D eigenvalue weighted by molar-refractivity contribution is -0.0579. The molecule has 0 saturated heterocycles. The first-order chi connectivity index (χ1) is 19.5. The molecule has 3 nitrogen and oxygen atoms in total. The molecule has 2 fully saturated rings. The average Bonchev–Trinajstić information content (AvgIpc) is 3.63. The Bertz CT molecular complexity index is 1330. The molecule has 0 radical (unpaired) electrons. The molecule has 2 saturated carbocycles. The fourth-order valence-corrected chi connectivity index (χ4v) is 9.52. The summed E-state index contributed by atoms with van der Waals surface area (Å²) >= 11 is 0. The van der Waals surface area contributed by atoms with E-state index in [1.54, 1.807) is 0 Å². The maximum atomic E-state index is 7.51. The maximum absolute atomic E-state index is 7.51. The molecule has 2 heterocycles. The Kier molecular flexibility index (Phi) is 7.47. The molecule has 4 aliphatic rings. The lowest BCUT2D eigenvalue weighted by Crippen LogP contribution is -2.44. The van der Waals surface area contributed by atoms with Crippen molar-refractivity contribution in [3.05, 3.63) is 63.5 Å². The zero-order chi connectivity index (χ0) is 30.3. The van der Waals surface area contributed by atoms with Crippen molar-refractivity contribution in [3.63, 3.8) is 0 Å². The lowest BCUT2D eigenvalue weighted by Gasteiger charge is -2.45. The maximum Gasteiger partial charge on any atom is 0.192 e. The van der Waals surface area contributed by atoms with Crippen molar-refractivity contribution < 1.29 is 9.16 Å². The summed E-state index contributed by atoms with van der Waals surface area (Å²) in [6.07, 6.45) is 12.0. The highest BCUT2D eigenvalue weighted by Gasteiger charge is 2.54. The summed E-state index contributed by atoms with van der Waals surface area (Å²) in [5, 5.41) is 0.159. The van der Waals surface area contributed by atoms with Crippen LogP contribution in [0.1, 0.15) is 171 Å². The van der Waals surface area contributed by atoms with Gasteiger partial charge >= 0.3 is 0 Å². The first-order valence-electron chi connectivity index (χ1n) is 17.0. The van der Waals surface area contributed by atoms with Gasteiger partial charge in [-0.15, -0.1) is 0 Å². The van der Waals surface area contributed by atoms with Crippen LogP contribution in [-0.4, -0.2) is 13.3 Å². The van der Waals surface area contributed by atoms with Gasteiger partial charge in [0.25, 0.3) is 0 Å². The standard InChI is InChI=1S/C38H57NO2Si/c1-35(2,3)27-19-15-18-26(22-27)34-31-32(38(40-34)20-13-14-21-38)30-28(39-33(31)25-16-11-12-17-25)23-37(7,8)24-29(30)41-42(9,10)36(4,5)6/h15,18-19,22,25,29,34H,11-14,16-17,20-21,23-24H2,1-10H3. The number of hydrogen-bond acceptors (Lipinski definition) is 3. The number of benzene rings is 1. The van der Waals surface area contributed by atoms with Crippen molar-refractivity contribution in [3.8, 4) is 0 Å². The first kappa shape index (κ1) is 30.5. The summed E-state index contributed by atoms with van der Waals surface area (Å²) in [4.78, 5) is 5.76. The van der Waals surface area contributed by atoms with Crippen molar-refractivity contribution in [2.45, 2.75) is 167 Å². The van der Waals surface area contributed by atoms with Gasteiger partial charge < -0.3 is 9.16 Å². The molecule has 1 aliphatic heterocycles. The van der Waals surface area contributed by atoms with Crippen molar-refractivity contribution >= 4 is 8.32 Å². The minimum Gasteiger partial charge on any atom is -0.410 e. The molecule has 2 atom stereocenters. The van der Waals surface area contributed by atoms with Crippen molar-refractivity contribution in [1.82, 2.24) is 4.98 Å².